The van der Waals surface area contributed by atoms with Crippen LogP contribution in [-0.4, -0.2) is 53.5 Å². The van der Waals surface area contributed by atoms with Gasteiger partial charge in [-0.25, -0.2) is 12.8 Å². The van der Waals surface area contributed by atoms with E-state index in [0.29, 0.717) is 35.4 Å². The number of nitrogens with one attached hydrogen (secondary N) is 1. The van der Waals surface area contributed by atoms with E-state index >= 15 is 0 Å². The molecule has 0 fully saturated rings. The summed E-state index contributed by atoms with van der Waals surface area (Å²) in [6.07, 6.45) is 0. The van der Waals surface area contributed by atoms with Gasteiger partial charge < -0.3 is 10.2 Å². The number of nitrogens with zero attached hydrogens (tertiary/aromatic N) is 4. The van der Waals surface area contributed by atoms with Crippen molar-refractivity contribution in [3.63, 3.8) is 0 Å². The van der Waals surface area contributed by atoms with Gasteiger partial charge in [0.2, 0.25) is 10.0 Å². The number of amides is 1. The molecule has 1 N–H and O–H groups in total. The fraction of sp³-hybridized carbons (Fsp3) is 0.316. The summed E-state index contributed by atoms with van der Waals surface area (Å²) in [6.45, 7) is 5.38. The zero-order chi connectivity index (χ0) is 21.9. The van der Waals surface area contributed by atoms with Gasteiger partial charge in [0.15, 0.2) is 6.61 Å². The number of halogens is 1. The fourth-order valence-corrected chi connectivity index (χ4v) is 4.31. The Balaban J connectivity index is 1.76. The van der Waals surface area contributed by atoms with Crippen LogP contribution in [0.4, 0.5) is 10.1 Å². The molecule has 11 heteroatoms. The van der Waals surface area contributed by atoms with Crippen molar-refractivity contribution in [2.45, 2.75) is 25.7 Å². The van der Waals surface area contributed by atoms with E-state index < -0.39 is 28.4 Å². The number of benzene rings is 2. The van der Waals surface area contributed by atoms with E-state index in [0.717, 1.165) is 4.85 Å². The zero-order valence-corrected chi connectivity index (χ0v) is 17.6. The lowest BCUT2D eigenvalue weighted by molar-refractivity contribution is -0.121. The molecule has 1 aromatic heterocycles. The third kappa shape index (κ3) is 4.41. The van der Waals surface area contributed by atoms with Gasteiger partial charge in [0.05, 0.1) is 4.90 Å². The molecule has 1 amide bonds. The minimum absolute atomic E-state index is 0.0745. The van der Waals surface area contributed by atoms with Crippen LogP contribution in [0, 0.1) is 12.7 Å². The predicted molar refractivity (Wildman–Crippen MR) is 109 cm³/mol. The highest BCUT2D eigenvalue weighted by atomic mass is 32.2. The molecule has 0 aliphatic heterocycles. The maximum absolute atomic E-state index is 13.6. The third-order valence-electron chi connectivity index (χ3n) is 4.50. The van der Waals surface area contributed by atoms with E-state index in [9.17, 15) is 17.6 Å². The molecule has 0 saturated carbocycles. The zero-order valence-electron chi connectivity index (χ0n) is 16.8. The summed E-state index contributed by atoms with van der Waals surface area (Å²) in [5, 5.41) is 10.2. The summed E-state index contributed by atoms with van der Waals surface area (Å²) in [5.74, 6) is -0.966. The molecule has 3 rings (SSSR count). The van der Waals surface area contributed by atoms with E-state index in [-0.39, 0.29) is 4.90 Å². The Kier molecular flexibility index (Phi) is 6.32. The van der Waals surface area contributed by atoms with Gasteiger partial charge >= 0.3 is 0 Å². The second-order valence-electron chi connectivity index (χ2n) is 6.49. The Morgan fingerprint density at radius 1 is 1.20 bits per heavy atom. The monoisotopic (exact) mass is 435 g/mol. The van der Waals surface area contributed by atoms with Gasteiger partial charge in [0.25, 0.3) is 5.91 Å². The molecule has 0 unspecified atom stereocenters. The predicted octanol–water partition coefficient (Wildman–Crippen LogP) is 1.98. The highest BCUT2D eigenvalue weighted by Gasteiger charge is 2.23. The van der Waals surface area contributed by atoms with Crippen LogP contribution in [0.15, 0.2) is 41.3 Å². The van der Waals surface area contributed by atoms with Gasteiger partial charge in [-0.3, -0.25) is 4.79 Å². The third-order valence-corrected chi connectivity index (χ3v) is 6.55. The first kappa shape index (κ1) is 21.7. The van der Waals surface area contributed by atoms with Crippen molar-refractivity contribution in [2.24, 2.45) is 0 Å². The molecule has 2 aromatic carbocycles. The van der Waals surface area contributed by atoms with Crippen molar-refractivity contribution in [3.05, 3.63) is 47.8 Å². The number of hydrogen-bond donors (Lipinski definition) is 1. The van der Waals surface area contributed by atoms with Gasteiger partial charge in [-0.2, -0.15) is 4.31 Å². The number of rotatable bonds is 8. The molecule has 0 saturated heterocycles. The molecule has 160 valence electrons. The van der Waals surface area contributed by atoms with Crippen LogP contribution in [0.25, 0.3) is 11.0 Å². The molecular weight excluding hydrogens is 413 g/mol. The van der Waals surface area contributed by atoms with Crippen molar-refractivity contribution in [1.82, 2.24) is 19.5 Å². The Morgan fingerprint density at radius 2 is 1.93 bits per heavy atom. The van der Waals surface area contributed by atoms with E-state index in [1.165, 1.54) is 28.6 Å². The lowest BCUT2D eigenvalue weighted by Gasteiger charge is -2.18. The maximum Gasteiger partial charge on any atom is 0.265 e. The van der Waals surface area contributed by atoms with Crippen molar-refractivity contribution in [1.29, 1.82) is 0 Å². The second kappa shape index (κ2) is 8.76. The fourth-order valence-electron chi connectivity index (χ4n) is 2.83. The van der Waals surface area contributed by atoms with Gasteiger partial charge in [0.1, 0.15) is 16.9 Å². The Hall–Kier alpha value is -3.05. The van der Waals surface area contributed by atoms with Crippen molar-refractivity contribution in [2.75, 3.05) is 25.0 Å². The first-order valence-corrected chi connectivity index (χ1v) is 10.7. The van der Waals surface area contributed by atoms with Crippen LogP contribution in [-0.2, 0) is 14.8 Å². The smallest absolute Gasteiger partial charge is 0.265 e. The first-order chi connectivity index (χ1) is 14.3. The standard InChI is InChI=1S/C19H22FN5O4S/c1-4-24(5-2)30(27,28)15-8-9-17-18(11-15)25(23-22-17)29-12-19(26)21-14-7-6-13(3)16(20)10-14/h6-11H,4-5,12H2,1-3H3,(H,21,26). The summed E-state index contributed by atoms with van der Waals surface area (Å²) in [4.78, 5) is 18.5. The van der Waals surface area contributed by atoms with Crippen molar-refractivity contribution < 1.29 is 22.4 Å². The molecule has 0 bridgehead atoms. The van der Waals surface area contributed by atoms with Crippen molar-refractivity contribution >= 4 is 32.7 Å². The van der Waals surface area contributed by atoms with Crippen LogP contribution in [0.3, 0.4) is 0 Å². The minimum Gasteiger partial charge on any atom is -0.385 e. The number of hydrogen-bond acceptors (Lipinski definition) is 6. The summed E-state index contributed by atoms with van der Waals surface area (Å²) in [6, 6.07) is 8.71. The molecule has 0 atom stereocenters. The van der Waals surface area contributed by atoms with E-state index in [2.05, 4.69) is 15.6 Å². The largest absolute Gasteiger partial charge is 0.385 e. The Bertz CT molecular complexity index is 1170. The van der Waals surface area contributed by atoms with Crippen LogP contribution in [0.5, 0.6) is 0 Å². The molecule has 0 radical (unpaired) electrons. The topological polar surface area (TPSA) is 106 Å². The van der Waals surface area contributed by atoms with Gasteiger partial charge in [-0.1, -0.05) is 24.8 Å². The van der Waals surface area contributed by atoms with Gasteiger partial charge in [-0.15, -0.1) is 5.10 Å². The highest BCUT2D eigenvalue weighted by molar-refractivity contribution is 7.89. The molecule has 0 aliphatic rings. The number of sulfonamides is 1. The number of aromatic nitrogens is 3. The molecule has 0 aliphatic carbocycles. The van der Waals surface area contributed by atoms with Crippen LogP contribution >= 0.6 is 0 Å². The molecule has 0 spiro atoms. The number of aryl methyl sites for hydroxylation is 1. The van der Waals surface area contributed by atoms with Crippen LogP contribution in [0.2, 0.25) is 0 Å². The lowest BCUT2D eigenvalue weighted by Crippen LogP contribution is -2.30. The second-order valence-corrected chi connectivity index (χ2v) is 8.43. The first-order valence-electron chi connectivity index (χ1n) is 9.31. The summed E-state index contributed by atoms with van der Waals surface area (Å²) in [7, 11) is -3.67. The molecule has 1 heterocycles. The summed E-state index contributed by atoms with van der Waals surface area (Å²) < 4.78 is 40.4. The van der Waals surface area contributed by atoms with Gasteiger partial charge in [-0.05, 0) is 48.0 Å². The maximum atomic E-state index is 13.6. The summed E-state index contributed by atoms with van der Waals surface area (Å²) in [5.41, 5.74) is 1.48. The van der Waals surface area contributed by atoms with Gasteiger partial charge in [0, 0.05) is 18.8 Å². The SMILES string of the molecule is CCN(CC)S(=O)(=O)c1ccc2nnn(OCC(=O)Nc3ccc(C)c(F)c3)c2c1. The lowest BCUT2D eigenvalue weighted by atomic mass is 10.2. The number of carbonyl (C=O) groups is 1. The van der Waals surface area contributed by atoms with E-state index in [1.807, 2.05) is 0 Å². The average molecular weight is 435 g/mol. The number of fused-ring (bicyclic) bond motifs is 1. The average Bonchev–Trinajstić information content (AvgIpc) is 3.12. The normalized spacial score (nSPS) is 11.8. The highest BCUT2D eigenvalue weighted by Crippen LogP contribution is 2.20. The summed E-state index contributed by atoms with van der Waals surface area (Å²) >= 11 is 0. The molecule has 9 nitrogen and oxygen atoms in total. The van der Waals surface area contributed by atoms with Crippen molar-refractivity contribution in [3.8, 4) is 0 Å². The molecule has 30 heavy (non-hydrogen) atoms. The van der Waals surface area contributed by atoms with Crippen LogP contribution < -0.4 is 10.2 Å². The molecule has 3 aromatic rings. The number of anilines is 1. The van der Waals surface area contributed by atoms with E-state index in [4.69, 9.17) is 4.84 Å². The van der Waals surface area contributed by atoms with E-state index in [1.54, 1.807) is 32.9 Å². The molecular formula is C19H22FN5O4S. The Labute approximate surface area is 173 Å². The quantitative estimate of drug-likeness (QED) is 0.580. The van der Waals surface area contributed by atoms with Crippen LogP contribution in [0.1, 0.15) is 19.4 Å². The number of carbonyl (C=O) groups excluding carboxylic acids is 1. The Morgan fingerprint density at radius 3 is 2.60 bits per heavy atom. The minimum atomic E-state index is -3.67.